The lowest BCUT2D eigenvalue weighted by atomic mass is 9.98. The fraction of sp³-hybridized carbons (Fsp3) is 0.882. The third-order valence-corrected chi connectivity index (χ3v) is 5.28. The minimum atomic E-state index is -3.09. The summed E-state index contributed by atoms with van der Waals surface area (Å²) in [5.41, 5.74) is -0.513. The monoisotopic (exact) mass is 533 g/mol. The smallest absolute Gasteiger partial charge is 0.407 e. The van der Waals surface area contributed by atoms with Crippen LogP contribution in [-0.2, 0) is 14.8 Å². The summed E-state index contributed by atoms with van der Waals surface area (Å²) in [5.74, 6) is 1.06. The number of sulfonamides is 1. The molecular formula is C17H36IN5O4S. The van der Waals surface area contributed by atoms with Gasteiger partial charge in [0.15, 0.2) is 5.96 Å². The van der Waals surface area contributed by atoms with E-state index in [1.165, 1.54) is 10.6 Å². The van der Waals surface area contributed by atoms with Gasteiger partial charge in [-0.15, -0.1) is 24.0 Å². The molecule has 0 aromatic rings. The Morgan fingerprint density at radius 1 is 1.14 bits per heavy atom. The van der Waals surface area contributed by atoms with Crippen LogP contribution in [0.2, 0.25) is 0 Å². The molecule has 1 amide bonds. The lowest BCUT2D eigenvalue weighted by molar-refractivity contribution is 0.0529. The Balaban J connectivity index is 0.00000729. The summed E-state index contributed by atoms with van der Waals surface area (Å²) in [7, 11) is -3.09. The van der Waals surface area contributed by atoms with Gasteiger partial charge in [0, 0.05) is 39.3 Å². The van der Waals surface area contributed by atoms with Crippen LogP contribution >= 0.6 is 24.0 Å². The highest BCUT2D eigenvalue weighted by Crippen LogP contribution is 2.19. The van der Waals surface area contributed by atoms with Gasteiger partial charge in [0.25, 0.3) is 0 Å². The van der Waals surface area contributed by atoms with Gasteiger partial charge < -0.3 is 20.7 Å². The Morgan fingerprint density at radius 2 is 1.71 bits per heavy atom. The number of aliphatic imine (C=N–C) groups is 1. The Hall–Kier alpha value is -0.820. The van der Waals surface area contributed by atoms with Crippen LogP contribution in [0.5, 0.6) is 0 Å². The van der Waals surface area contributed by atoms with Crippen LogP contribution in [0.25, 0.3) is 0 Å². The van der Waals surface area contributed by atoms with Crippen molar-refractivity contribution in [2.75, 3.05) is 45.5 Å². The maximum Gasteiger partial charge on any atom is 0.407 e. The van der Waals surface area contributed by atoms with Crippen LogP contribution < -0.4 is 16.0 Å². The average Bonchev–Trinajstić information content (AvgIpc) is 2.54. The molecule has 28 heavy (non-hydrogen) atoms. The second kappa shape index (κ2) is 12.7. The number of ether oxygens (including phenoxy) is 1. The number of amides is 1. The van der Waals surface area contributed by atoms with E-state index in [2.05, 4.69) is 20.9 Å². The molecule has 0 saturated carbocycles. The van der Waals surface area contributed by atoms with E-state index in [0.29, 0.717) is 44.6 Å². The zero-order chi connectivity index (χ0) is 20.5. The third kappa shape index (κ3) is 11.9. The molecule has 3 N–H and O–H groups in total. The van der Waals surface area contributed by atoms with Gasteiger partial charge in [-0.1, -0.05) is 0 Å². The fourth-order valence-electron chi connectivity index (χ4n) is 2.65. The molecule has 0 radical (unpaired) electrons. The number of carbonyl (C=O) groups is 1. The Bertz CT molecular complexity index is 599. The van der Waals surface area contributed by atoms with Gasteiger partial charge in [-0.3, -0.25) is 4.99 Å². The van der Waals surface area contributed by atoms with Crippen molar-refractivity contribution < 1.29 is 17.9 Å². The average molecular weight is 533 g/mol. The molecule has 1 rings (SSSR count). The largest absolute Gasteiger partial charge is 0.444 e. The van der Waals surface area contributed by atoms with E-state index in [-0.39, 0.29) is 24.0 Å². The van der Waals surface area contributed by atoms with Crippen molar-refractivity contribution in [1.29, 1.82) is 0 Å². The number of guanidine groups is 1. The Morgan fingerprint density at radius 3 is 2.21 bits per heavy atom. The molecule has 0 bridgehead atoms. The maximum atomic E-state index is 11.6. The molecule has 0 atom stereocenters. The number of hydrogen-bond donors (Lipinski definition) is 3. The first-order valence-electron chi connectivity index (χ1n) is 9.45. The zero-order valence-corrected chi connectivity index (χ0v) is 20.7. The molecule has 0 spiro atoms. The summed E-state index contributed by atoms with van der Waals surface area (Å²) in [6, 6.07) is 0. The van der Waals surface area contributed by atoms with Gasteiger partial charge >= 0.3 is 6.09 Å². The van der Waals surface area contributed by atoms with Crippen molar-refractivity contribution in [1.82, 2.24) is 20.3 Å². The van der Waals surface area contributed by atoms with Crippen LogP contribution in [0, 0.1) is 5.92 Å². The second-order valence-electron chi connectivity index (χ2n) is 7.68. The predicted molar refractivity (Wildman–Crippen MR) is 123 cm³/mol. The number of halogens is 1. The third-order valence-electron chi connectivity index (χ3n) is 3.98. The summed E-state index contributed by atoms with van der Waals surface area (Å²) in [4.78, 5) is 16.2. The van der Waals surface area contributed by atoms with Crippen LogP contribution in [0.4, 0.5) is 4.79 Å². The normalized spacial score (nSPS) is 16.8. The molecule has 11 heteroatoms. The van der Waals surface area contributed by atoms with E-state index in [1.54, 1.807) is 0 Å². The standard InChI is InChI=1S/C17H35N5O4S.HI/c1-6-18-15(19-9-10-20-16(23)26-17(2,3)4)21-13-14-7-11-22(12-8-14)27(5,24)25;/h14H,6-13H2,1-5H3,(H,20,23)(H2,18,19,21);1H. The first kappa shape index (κ1) is 27.2. The van der Waals surface area contributed by atoms with Crippen LogP contribution in [0.1, 0.15) is 40.5 Å². The first-order chi connectivity index (χ1) is 12.5. The molecule has 1 saturated heterocycles. The highest BCUT2D eigenvalue weighted by atomic mass is 127. The molecule has 1 fully saturated rings. The van der Waals surface area contributed by atoms with Gasteiger partial charge in [0.2, 0.25) is 10.0 Å². The molecule has 0 aromatic carbocycles. The van der Waals surface area contributed by atoms with Crippen molar-refractivity contribution >= 4 is 46.1 Å². The number of carbonyl (C=O) groups excluding carboxylic acids is 1. The number of nitrogens with zero attached hydrogens (tertiary/aromatic N) is 2. The number of alkyl carbamates (subject to hydrolysis) is 1. The van der Waals surface area contributed by atoms with Crippen molar-refractivity contribution in [2.45, 2.75) is 46.1 Å². The van der Waals surface area contributed by atoms with Crippen LogP contribution in [0.3, 0.4) is 0 Å². The van der Waals surface area contributed by atoms with Crippen molar-refractivity contribution in [3.63, 3.8) is 0 Å². The van der Waals surface area contributed by atoms with E-state index < -0.39 is 21.7 Å². The molecule has 9 nitrogen and oxygen atoms in total. The molecular weight excluding hydrogens is 497 g/mol. The number of rotatable bonds is 7. The van der Waals surface area contributed by atoms with E-state index >= 15 is 0 Å². The maximum absolute atomic E-state index is 11.6. The van der Waals surface area contributed by atoms with Gasteiger partial charge in [0.1, 0.15) is 5.60 Å². The highest BCUT2D eigenvalue weighted by Gasteiger charge is 2.24. The van der Waals surface area contributed by atoms with E-state index in [4.69, 9.17) is 4.74 Å². The van der Waals surface area contributed by atoms with Crippen molar-refractivity contribution in [3.05, 3.63) is 0 Å². The van der Waals surface area contributed by atoms with Gasteiger partial charge in [-0.05, 0) is 46.5 Å². The van der Waals surface area contributed by atoms with Gasteiger partial charge in [0.05, 0.1) is 6.26 Å². The summed E-state index contributed by atoms with van der Waals surface area (Å²) in [6.45, 7) is 10.9. The van der Waals surface area contributed by atoms with Gasteiger partial charge in [-0.2, -0.15) is 0 Å². The zero-order valence-electron chi connectivity index (χ0n) is 17.6. The molecule has 0 unspecified atom stereocenters. The summed E-state index contributed by atoms with van der Waals surface area (Å²) >= 11 is 0. The SMILES string of the molecule is CCNC(=NCC1CCN(S(C)(=O)=O)CC1)NCCNC(=O)OC(C)(C)C.I. The molecule has 1 aliphatic heterocycles. The van der Waals surface area contributed by atoms with E-state index in [0.717, 1.165) is 19.4 Å². The first-order valence-corrected chi connectivity index (χ1v) is 11.3. The summed E-state index contributed by atoms with van der Waals surface area (Å²) in [5, 5.41) is 9.04. The summed E-state index contributed by atoms with van der Waals surface area (Å²) < 4.78 is 29.8. The number of nitrogens with one attached hydrogen (secondary N) is 3. The molecule has 0 aromatic heterocycles. The van der Waals surface area contributed by atoms with Crippen molar-refractivity contribution in [2.24, 2.45) is 10.9 Å². The highest BCUT2D eigenvalue weighted by molar-refractivity contribution is 14.0. The van der Waals surface area contributed by atoms with Crippen molar-refractivity contribution in [3.8, 4) is 0 Å². The minimum absolute atomic E-state index is 0. The van der Waals surface area contributed by atoms with Gasteiger partial charge in [-0.25, -0.2) is 17.5 Å². The van der Waals surface area contributed by atoms with E-state index in [1.807, 2.05) is 27.7 Å². The topological polar surface area (TPSA) is 112 Å². The molecule has 0 aliphatic carbocycles. The number of hydrogen-bond acceptors (Lipinski definition) is 5. The Labute approximate surface area is 186 Å². The second-order valence-corrected chi connectivity index (χ2v) is 9.66. The van der Waals surface area contributed by atoms with Crippen LogP contribution in [-0.4, -0.2) is 75.9 Å². The lowest BCUT2D eigenvalue weighted by Crippen LogP contribution is -2.43. The summed E-state index contributed by atoms with van der Waals surface area (Å²) in [6.07, 6.45) is 2.44. The molecule has 1 aliphatic rings. The molecule has 1 heterocycles. The quantitative estimate of drug-likeness (QED) is 0.197. The van der Waals surface area contributed by atoms with E-state index in [9.17, 15) is 13.2 Å². The Kier molecular flexibility index (Phi) is 12.3. The fourth-order valence-corrected chi connectivity index (χ4v) is 3.52. The predicted octanol–water partition coefficient (Wildman–Crippen LogP) is 1.36. The number of piperidine rings is 1. The molecule has 166 valence electrons. The lowest BCUT2D eigenvalue weighted by Gasteiger charge is -2.29. The van der Waals surface area contributed by atoms with Crippen LogP contribution in [0.15, 0.2) is 4.99 Å². The minimum Gasteiger partial charge on any atom is -0.444 e.